The third kappa shape index (κ3) is 3.86. The van der Waals surface area contributed by atoms with Gasteiger partial charge in [-0.1, -0.05) is 6.07 Å². The van der Waals surface area contributed by atoms with Gasteiger partial charge >= 0.3 is 6.18 Å². The topological polar surface area (TPSA) is 82.5 Å². The van der Waals surface area contributed by atoms with Gasteiger partial charge in [0.15, 0.2) is 0 Å². The SMILES string of the molecule is Cc1cc(-c2ccc(C(F)(F)F)c(C)c2)nc(-n2cnc(-c3ccc(N)nc3)c2)n1. The van der Waals surface area contributed by atoms with Crippen molar-refractivity contribution in [1.82, 2.24) is 24.5 Å². The predicted octanol–water partition coefficient (Wildman–Crippen LogP) is 4.61. The van der Waals surface area contributed by atoms with E-state index in [-0.39, 0.29) is 5.56 Å². The fraction of sp³-hybridized carbons (Fsp3) is 0.143. The second kappa shape index (κ2) is 7.25. The Bertz CT molecular complexity index is 1210. The van der Waals surface area contributed by atoms with E-state index in [9.17, 15) is 13.2 Å². The summed E-state index contributed by atoms with van der Waals surface area (Å²) in [6.45, 7) is 3.23. The van der Waals surface area contributed by atoms with Crippen LogP contribution in [0.25, 0.3) is 28.5 Å². The number of nitrogen functional groups attached to an aromatic ring is 1. The first-order valence-electron chi connectivity index (χ1n) is 9.01. The number of aromatic nitrogens is 5. The van der Waals surface area contributed by atoms with Crippen LogP contribution in [0, 0.1) is 13.8 Å². The maximum atomic E-state index is 13.0. The average molecular weight is 410 g/mol. The zero-order chi connectivity index (χ0) is 21.5. The number of hydrogen-bond acceptors (Lipinski definition) is 5. The lowest BCUT2D eigenvalue weighted by Crippen LogP contribution is -2.07. The van der Waals surface area contributed by atoms with Crippen LogP contribution < -0.4 is 5.73 Å². The monoisotopic (exact) mass is 410 g/mol. The molecule has 2 N–H and O–H groups in total. The molecule has 0 spiro atoms. The van der Waals surface area contributed by atoms with Crippen LogP contribution in [0.5, 0.6) is 0 Å². The smallest absolute Gasteiger partial charge is 0.384 e. The molecule has 0 amide bonds. The summed E-state index contributed by atoms with van der Waals surface area (Å²) in [4.78, 5) is 17.4. The number of halogens is 3. The highest BCUT2D eigenvalue weighted by Crippen LogP contribution is 2.33. The van der Waals surface area contributed by atoms with E-state index in [0.29, 0.717) is 34.4 Å². The molecule has 0 fully saturated rings. The number of imidazole rings is 1. The lowest BCUT2D eigenvalue weighted by atomic mass is 10.0. The molecule has 3 aromatic heterocycles. The van der Waals surface area contributed by atoms with E-state index in [1.54, 1.807) is 42.3 Å². The van der Waals surface area contributed by atoms with Crippen molar-refractivity contribution in [2.45, 2.75) is 20.0 Å². The molecule has 4 rings (SSSR count). The molecule has 1 aromatic carbocycles. The Balaban J connectivity index is 1.71. The molecule has 0 aliphatic rings. The molecule has 0 radical (unpaired) electrons. The number of rotatable bonds is 3. The van der Waals surface area contributed by atoms with Crippen LogP contribution >= 0.6 is 0 Å². The normalized spacial score (nSPS) is 11.6. The van der Waals surface area contributed by atoms with Crippen LogP contribution in [0.1, 0.15) is 16.8 Å². The van der Waals surface area contributed by atoms with E-state index < -0.39 is 11.7 Å². The maximum Gasteiger partial charge on any atom is 0.416 e. The Morgan fingerprint density at radius 3 is 2.33 bits per heavy atom. The molecule has 0 aliphatic carbocycles. The van der Waals surface area contributed by atoms with Gasteiger partial charge in [0.1, 0.15) is 12.1 Å². The van der Waals surface area contributed by atoms with Crippen LogP contribution in [0.15, 0.2) is 55.1 Å². The first kappa shape index (κ1) is 19.6. The van der Waals surface area contributed by atoms with Crippen LogP contribution in [0.4, 0.5) is 19.0 Å². The van der Waals surface area contributed by atoms with Crippen molar-refractivity contribution >= 4 is 5.82 Å². The molecule has 6 nitrogen and oxygen atoms in total. The summed E-state index contributed by atoms with van der Waals surface area (Å²) in [6.07, 6.45) is 0.557. The first-order valence-corrected chi connectivity index (χ1v) is 9.01. The third-order valence-corrected chi connectivity index (χ3v) is 4.57. The highest BCUT2D eigenvalue weighted by molar-refractivity contribution is 5.63. The number of aryl methyl sites for hydroxylation is 2. The van der Waals surface area contributed by atoms with Crippen molar-refractivity contribution in [1.29, 1.82) is 0 Å². The Labute approximate surface area is 170 Å². The highest BCUT2D eigenvalue weighted by Gasteiger charge is 2.32. The number of nitrogens with zero attached hydrogens (tertiary/aromatic N) is 5. The average Bonchev–Trinajstić information content (AvgIpc) is 3.17. The van der Waals surface area contributed by atoms with Crippen molar-refractivity contribution in [3.63, 3.8) is 0 Å². The minimum absolute atomic E-state index is 0.138. The van der Waals surface area contributed by atoms with Crippen molar-refractivity contribution in [2.24, 2.45) is 0 Å². The van der Waals surface area contributed by atoms with E-state index in [0.717, 1.165) is 11.6 Å². The highest BCUT2D eigenvalue weighted by atomic mass is 19.4. The van der Waals surface area contributed by atoms with Crippen LogP contribution in [0.2, 0.25) is 0 Å². The second-order valence-electron chi connectivity index (χ2n) is 6.86. The molecule has 3 heterocycles. The van der Waals surface area contributed by atoms with Gasteiger partial charge in [0.05, 0.1) is 17.0 Å². The number of benzene rings is 1. The lowest BCUT2D eigenvalue weighted by molar-refractivity contribution is -0.138. The standard InChI is InChI=1S/C21H17F3N6/c1-12-7-14(3-5-16(12)21(22,23)24)17-8-13(2)28-20(29-17)30-10-18(27-11-30)15-4-6-19(25)26-9-15/h3-11H,1-2H3,(H2,25,26). The molecule has 0 saturated heterocycles. The third-order valence-electron chi connectivity index (χ3n) is 4.57. The summed E-state index contributed by atoms with van der Waals surface area (Å²) in [5.41, 5.74) is 8.33. The summed E-state index contributed by atoms with van der Waals surface area (Å²) in [5.74, 6) is 0.779. The van der Waals surface area contributed by atoms with E-state index in [1.165, 1.54) is 19.1 Å². The molecular formula is C21H17F3N6. The van der Waals surface area contributed by atoms with Gasteiger partial charge in [-0.2, -0.15) is 13.2 Å². The molecule has 30 heavy (non-hydrogen) atoms. The number of hydrogen-bond donors (Lipinski definition) is 1. The number of nitrogens with two attached hydrogens (primary N) is 1. The molecule has 4 aromatic rings. The summed E-state index contributed by atoms with van der Waals surface area (Å²) in [6, 6.07) is 9.19. The zero-order valence-corrected chi connectivity index (χ0v) is 16.1. The maximum absolute atomic E-state index is 13.0. The van der Waals surface area contributed by atoms with E-state index in [4.69, 9.17) is 5.73 Å². The quantitative estimate of drug-likeness (QED) is 0.533. The Kier molecular flexibility index (Phi) is 4.73. The summed E-state index contributed by atoms with van der Waals surface area (Å²) < 4.78 is 40.8. The van der Waals surface area contributed by atoms with Gasteiger partial charge in [0, 0.05) is 29.2 Å². The van der Waals surface area contributed by atoms with Crippen LogP contribution in [-0.4, -0.2) is 24.5 Å². The molecule has 0 saturated carbocycles. The van der Waals surface area contributed by atoms with Gasteiger partial charge in [0.25, 0.3) is 0 Å². The summed E-state index contributed by atoms with van der Waals surface area (Å²) >= 11 is 0. The van der Waals surface area contributed by atoms with Crippen molar-refractivity contribution in [2.75, 3.05) is 5.73 Å². The molecule has 9 heteroatoms. The first-order chi connectivity index (χ1) is 14.2. The second-order valence-corrected chi connectivity index (χ2v) is 6.86. The molecule has 0 unspecified atom stereocenters. The number of anilines is 1. The summed E-state index contributed by atoms with van der Waals surface area (Å²) in [7, 11) is 0. The van der Waals surface area contributed by atoms with Crippen LogP contribution in [0.3, 0.4) is 0 Å². The fourth-order valence-electron chi connectivity index (χ4n) is 3.10. The van der Waals surface area contributed by atoms with E-state index >= 15 is 0 Å². The Morgan fingerprint density at radius 2 is 1.67 bits per heavy atom. The van der Waals surface area contributed by atoms with Crippen molar-refractivity contribution in [3.8, 4) is 28.5 Å². The molecule has 152 valence electrons. The minimum atomic E-state index is -4.39. The number of alkyl halides is 3. The van der Waals surface area contributed by atoms with Gasteiger partial charge in [-0.15, -0.1) is 0 Å². The van der Waals surface area contributed by atoms with Gasteiger partial charge < -0.3 is 5.73 Å². The molecule has 0 bridgehead atoms. The van der Waals surface area contributed by atoms with E-state index in [1.807, 2.05) is 6.07 Å². The van der Waals surface area contributed by atoms with Gasteiger partial charge in [-0.3, -0.25) is 4.57 Å². The Hall–Kier alpha value is -3.75. The van der Waals surface area contributed by atoms with Crippen LogP contribution in [-0.2, 0) is 6.18 Å². The van der Waals surface area contributed by atoms with Crippen molar-refractivity contribution in [3.05, 3.63) is 71.9 Å². The van der Waals surface area contributed by atoms with Gasteiger partial charge in [0.2, 0.25) is 5.95 Å². The number of pyridine rings is 1. The van der Waals surface area contributed by atoms with Gasteiger partial charge in [-0.25, -0.2) is 19.9 Å². The van der Waals surface area contributed by atoms with Crippen molar-refractivity contribution < 1.29 is 13.2 Å². The van der Waals surface area contributed by atoms with Gasteiger partial charge in [-0.05, 0) is 49.7 Å². The molecular weight excluding hydrogens is 393 g/mol. The minimum Gasteiger partial charge on any atom is -0.384 e. The fourth-order valence-corrected chi connectivity index (χ4v) is 3.10. The Morgan fingerprint density at radius 1 is 0.900 bits per heavy atom. The largest absolute Gasteiger partial charge is 0.416 e. The van der Waals surface area contributed by atoms with E-state index in [2.05, 4.69) is 19.9 Å². The molecule has 0 aliphatic heterocycles. The summed E-state index contributed by atoms with van der Waals surface area (Å²) in [5, 5.41) is 0. The zero-order valence-electron chi connectivity index (χ0n) is 16.1. The predicted molar refractivity (Wildman–Crippen MR) is 107 cm³/mol. The lowest BCUT2D eigenvalue weighted by Gasteiger charge is -2.12. The molecule has 0 atom stereocenters.